The first-order valence-electron chi connectivity index (χ1n) is 7.68. The zero-order valence-corrected chi connectivity index (χ0v) is 13.6. The van der Waals surface area contributed by atoms with Gasteiger partial charge >= 0.3 is 0 Å². The van der Waals surface area contributed by atoms with Crippen molar-refractivity contribution in [1.29, 1.82) is 0 Å². The summed E-state index contributed by atoms with van der Waals surface area (Å²) in [6, 6.07) is 20.8. The summed E-state index contributed by atoms with van der Waals surface area (Å²) < 4.78 is 27.9. The maximum absolute atomic E-state index is 13.2. The van der Waals surface area contributed by atoms with Gasteiger partial charge in [-0.2, -0.15) is 0 Å². The molecule has 0 bridgehead atoms. The molecule has 0 amide bonds. The highest BCUT2D eigenvalue weighted by molar-refractivity contribution is 7.92. The van der Waals surface area contributed by atoms with Crippen LogP contribution in [0, 0.1) is 0 Å². The van der Waals surface area contributed by atoms with E-state index in [1.807, 2.05) is 61.5 Å². The van der Waals surface area contributed by atoms with Crippen LogP contribution in [0.4, 0.5) is 5.69 Å². The average molecular weight is 323 g/mol. The monoisotopic (exact) mass is 323 g/mol. The number of hydrogen-bond acceptors (Lipinski definition) is 2. The van der Waals surface area contributed by atoms with Crippen molar-refractivity contribution < 1.29 is 8.42 Å². The zero-order chi connectivity index (χ0) is 16.0. The van der Waals surface area contributed by atoms with Crippen LogP contribution in [0.25, 0.3) is 10.8 Å². The quantitative estimate of drug-likeness (QED) is 0.715. The molecule has 0 saturated carbocycles. The lowest BCUT2D eigenvalue weighted by atomic mass is 10.1. The SMILES string of the molecule is CC1Cc2ccccc2N1S(=O)(=O)c1ccc2ccccc2c1. The van der Waals surface area contributed by atoms with E-state index in [4.69, 9.17) is 0 Å². The second-order valence-corrected chi connectivity index (χ2v) is 7.81. The summed E-state index contributed by atoms with van der Waals surface area (Å²) in [5.74, 6) is 0. The predicted octanol–water partition coefficient (Wildman–Crippen LogP) is 3.98. The summed E-state index contributed by atoms with van der Waals surface area (Å²) in [7, 11) is -3.56. The molecule has 0 spiro atoms. The highest BCUT2D eigenvalue weighted by Gasteiger charge is 2.35. The van der Waals surface area contributed by atoms with E-state index in [1.165, 1.54) is 0 Å². The van der Waals surface area contributed by atoms with Gasteiger partial charge in [-0.15, -0.1) is 0 Å². The van der Waals surface area contributed by atoms with Crippen LogP contribution in [0.3, 0.4) is 0 Å². The Kier molecular flexibility index (Phi) is 3.16. The number of para-hydroxylation sites is 1. The molecule has 0 aromatic heterocycles. The van der Waals surface area contributed by atoms with Gasteiger partial charge in [-0.25, -0.2) is 8.42 Å². The Morgan fingerprint density at radius 2 is 1.61 bits per heavy atom. The third-order valence-electron chi connectivity index (χ3n) is 4.42. The average Bonchev–Trinajstić information content (AvgIpc) is 2.90. The third kappa shape index (κ3) is 2.21. The molecule has 23 heavy (non-hydrogen) atoms. The summed E-state index contributed by atoms with van der Waals surface area (Å²) in [6.07, 6.45) is 0.753. The van der Waals surface area contributed by atoms with Crippen LogP contribution in [-0.2, 0) is 16.4 Å². The van der Waals surface area contributed by atoms with Crippen LogP contribution in [-0.4, -0.2) is 14.5 Å². The van der Waals surface area contributed by atoms with Gasteiger partial charge in [0.25, 0.3) is 10.0 Å². The fourth-order valence-corrected chi connectivity index (χ4v) is 5.07. The third-order valence-corrected chi connectivity index (χ3v) is 6.35. The lowest BCUT2D eigenvalue weighted by molar-refractivity contribution is 0.584. The van der Waals surface area contributed by atoms with Gasteiger partial charge in [0.1, 0.15) is 0 Å². The van der Waals surface area contributed by atoms with Crippen molar-refractivity contribution in [2.24, 2.45) is 0 Å². The number of benzene rings is 3. The van der Waals surface area contributed by atoms with Gasteiger partial charge in [0.2, 0.25) is 0 Å². The van der Waals surface area contributed by atoms with Crippen molar-refractivity contribution in [3.63, 3.8) is 0 Å². The first-order valence-corrected chi connectivity index (χ1v) is 9.12. The van der Waals surface area contributed by atoms with E-state index >= 15 is 0 Å². The van der Waals surface area contributed by atoms with Crippen molar-refractivity contribution in [3.8, 4) is 0 Å². The van der Waals surface area contributed by atoms with E-state index in [9.17, 15) is 8.42 Å². The molecule has 3 nitrogen and oxygen atoms in total. The summed E-state index contributed by atoms with van der Waals surface area (Å²) in [4.78, 5) is 0.347. The molecular weight excluding hydrogens is 306 g/mol. The molecule has 4 heteroatoms. The van der Waals surface area contributed by atoms with Crippen LogP contribution >= 0.6 is 0 Å². The lowest BCUT2D eigenvalue weighted by Gasteiger charge is -2.24. The van der Waals surface area contributed by atoms with E-state index in [0.29, 0.717) is 4.90 Å². The molecule has 1 atom stereocenters. The molecule has 0 saturated heterocycles. The molecule has 1 aliphatic heterocycles. The Morgan fingerprint density at radius 3 is 2.43 bits per heavy atom. The maximum atomic E-state index is 13.2. The minimum Gasteiger partial charge on any atom is -0.263 e. The van der Waals surface area contributed by atoms with Crippen LogP contribution < -0.4 is 4.31 Å². The molecule has 4 rings (SSSR count). The first-order chi connectivity index (χ1) is 11.1. The number of rotatable bonds is 2. The molecule has 0 aliphatic carbocycles. The number of hydrogen-bond donors (Lipinski definition) is 0. The Labute approximate surface area is 136 Å². The Hall–Kier alpha value is -2.33. The Bertz CT molecular complexity index is 995. The van der Waals surface area contributed by atoms with Gasteiger partial charge in [-0.1, -0.05) is 48.5 Å². The van der Waals surface area contributed by atoms with Gasteiger partial charge in [-0.05, 0) is 47.9 Å². The van der Waals surface area contributed by atoms with Gasteiger partial charge in [0.05, 0.1) is 10.6 Å². The van der Waals surface area contributed by atoms with Crippen molar-refractivity contribution in [1.82, 2.24) is 0 Å². The van der Waals surface area contributed by atoms with Crippen LogP contribution in [0.5, 0.6) is 0 Å². The number of anilines is 1. The van der Waals surface area contributed by atoms with Gasteiger partial charge in [0, 0.05) is 6.04 Å². The second kappa shape index (κ2) is 5.10. The summed E-state index contributed by atoms with van der Waals surface area (Å²) in [5, 5.41) is 1.98. The van der Waals surface area contributed by atoms with E-state index in [-0.39, 0.29) is 6.04 Å². The first kappa shape index (κ1) is 14.3. The minimum absolute atomic E-state index is 0.0659. The molecule has 1 aliphatic rings. The molecule has 0 fully saturated rings. The standard InChI is InChI=1S/C19H17NO2S/c1-14-12-17-8-4-5-9-19(17)20(14)23(21,22)18-11-10-15-6-2-3-7-16(15)13-18/h2-11,13-14H,12H2,1H3. The normalized spacial score (nSPS) is 17.4. The summed E-state index contributed by atoms with van der Waals surface area (Å²) >= 11 is 0. The molecular formula is C19H17NO2S. The summed E-state index contributed by atoms with van der Waals surface area (Å²) in [6.45, 7) is 1.96. The highest BCUT2D eigenvalue weighted by atomic mass is 32.2. The molecule has 1 unspecified atom stereocenters. The van der Waals surface area contributed by atoms with Gasteiger partial charge in [0.15, 0.2) is 0 Å². The van der Waals surface area contributed by atoms with Crippen molar-refractivity contribution in [3.05, 3.63) is 72.3 Å². The predicted molar refractivity (Wildman–Crippen MR) is 93.2 cm³/mol. The molecule has 3 aromatic rings. The molecule has 1 heterocycles. The summed E-state index contributed by atoms with van der Waals surface area (Å²) in [5.41, 5.74) is 1.89. The van der Waals surface area contributed by atoms with Crippen LogP contribution in [0.2, 0.25) is 0 Å². The smallest absolute Gasteiger partial charge is 0.263 e. The molecule has 0 radical (unpaired) electrons. The topological polar surface area (TPSA) is 37.4 Å². The lowest BCUT2D eigenvalue weighted by Crippen LogP contribution is -2.35. The fraction of sp³-hybridized carbons (Fsp3) is 0.158. The number of sulfonamides is 1. The highest BCUT2D eigenvalue weighted by Crippen LogP contribution is 2.36. The van der Waals surface area contributed by atoms with Crippen molar-refractivity contribution in [2.75, 3.05) is 4.31 Å². The molecule has 3 aromatic carbocycles. The van der Waals surface area contributed by atoms with E-state index < -0.39 is 10.0 Å². The number of nitrogens with zero attached hydrogens (tertiary/aromatic N) is 1. The largest absolute Gasteiger partial charge is 0.264 e. The maximum Gasteiger partial charge on any atom is 0.264 e. The van der Waals surface area contributed by atoms with Crippen molar-refractivity contribution in [2.45, 2.75) is 24.3 Å². The Balaban J connectivity index is 1.86. The Morgan fingerprint density at radius 1 is 0.913 bits per heavy atom. The molecule has 116 valence electrons. The van der Waals surface area contributed by atoms with Gasteiger partial charge in [-0.3, -0.25) is 4.31 Å². The van der Waals surface area contributed by atoms with E-state index in [2.05, 4.69) is 0 Å². The second-order valence-electron chi connectivity index (χ2n) is 5.99. The zero-order valence-electron chi connectivity index (χ0n) is 12.8. The fourth-order valence-electron chi connectivity index (χ4n) is 3.34. The molecule has 0 N–H and O–H groups in total. The minimum atomic E-state index is -3.56. The van der Waals surface area contributed by atoms with E-state index in [0.717, 1.165) is 28.4 Å². The van der Waals surface area contributed by atoms with Crippen molar-refractivity contribution >= 4 is 26.5 Å². The van der Waals surface area contributed by atoms with Gasteiger partial charge < -0.3 is 0 Å². The van der Waals surface area contributed by atoms with Crippen LogP contribution in [0.1, 0.15) is 12.5 Å². The van der Waals surface area contributed by atoms with E-state index in [1.54, 1.807) is 16.4 Å². The number of fused-ring (bicyclic) bond motifs is 2. The van der Waals surface area contributed by atoms with Crippen LogP contribution in [0.15, 0.2) is 71.6 Å².